The van der Waals surface area contributed by atoms with Crippen LogP contribution in [-0.4, -0.2) is 70.9 Å². The Morgan fingerprint density at radius 1 is 1.44 bits per heavy atom. The van der Waals surface area contributed by atoms with Crippen molar-refractivity contribution in [2.45, 2.75) is 25.1 Å². The van der Waals surface area contributed by atoms with Crippen LogP contribution < -0.4 is 10.6 Å². The number of aromatic nitrogens is 2. The van der Waals surface area contributed by atoms with Crippen molar-refractivity contribution in [1.29, 1.82) is 0 Å². The normalized spacial score (nSPS) is 18.4. The Bertz CT molecular complexity index is 795. The van der Waals surface area contributed by atoms with Gasteiger partial charge in [-0.2, -0.15) is 0 Å². The molecule has 0 bridgehead atoms. The summed E-state index contributed by atoms with van der Waals surface area (Å²) in [5.41, 5.74) is 1.63. The predicted octanol–water partition coefficient (Wildman–Crippen LogP) is 0.498. The Hall–Kier alpha value is -2.07. The quantitative estimate of drug-likeness (QED) is 0.634. The highest BCUT2D eigenvalue weighted by Crippen LogP contribution is 2.23. The number of rotatable bonds is 7. The van der Waals surface area contributed by atoms with Crippen molar-refractivity contribution in [3.05, 3.63) is 40.0 Å². The molecule has 4 rings (SSSR count). The first kappa shape index (κ1) is 18.3. The first-order chi connectivity index (χ1) is 13.2. The number of aliphatic hydroxyl groups is 1. The first-order valence-corrected chi connectivity index (χ1v) is 9.95. The number of ether oxygens (including phenoxy) is 1. The summed E-state index contributed by atoms with van der Waals surface area (Å²) < 4.78 is 5.11. The van der Waals surface area contributed by atoms with Gasteiger partial charge in [0.05, 0.1) is 25.4 Å². The van der Waals surface area contributed by atoms with E-state index in [0.717, 1.165) is 19.5 Å². The lowest BCUT2D eigenvalue weighted by Gasteiger charge is -2.28. The maximum Gasteiger partial charge on any atom is 0.270 e. The molecule has 4 heterocycles. The summed E-state index contributed by atoms with van der Waals surface area (Å²) in [4.78, 5) is 24.1. The van der Waals surface area contributed by atoms with Crippen LogP contribution in [0.2, 0.25) is 0 Å². The van der Waals surface area contributed by atoms with E-state index in [0.29, 0.717) is 25.6 Å². The van der Waals surface area contributed by atoms with Gasteiger partial charge in [-0.25, -0.2) is 9.97 Å². The third kappa shape index (κ3) is 4.62. The second-order valence-corrected chi connectivity index (χ2v) is 7.89. The lowest BCUT2D eigenvalue weighted by Crippen LogP contribution is -2.42. The predicted molar refractivity (Wildman–Crippen MR) is 102 cm³/mol. The van der Waals surface area contributed by atoms with Gasteiger partial charge in [-0.05, 0) is 23.4 Å². The fraction of sp³-hybridized carbons (Fsp3) is 0.500. The number of nitrogens with zero attached hydrogens (tertiary/aromatic N) is 3. The number of β-amino-alcohol motifs (C(OH)–C–C–N with tert-alkyl or cyclic N) is 1. The van der Waals surface area contributed by atoms with Crippen molar-refractivity contribution in [3.8, 4) is 0 Å². The lowest BCUT2D eigenvalue weighted by molar-refractivity contribution is 0.0209. The van der Waals surface area contributed by atoms with E-state index in [1.807, 2.05) is 0 Å². The lowest BCUT2D eigenvalue weighted by atomic mass is 10.1. The van der Waals surface area contributed by atoms with Crippen molar-refractivity contribution < 1.29 is 14.6 Å². The molecule has 0 spiro atoms. The van der Waals surface area contributed by atoms with Gasteiger partial charge in [0.1, 0.15) is 17.8 Å². The number of hydrogen-bond donors (Lipinski definition) is 3. The number of amides is 1. The van der Waals surface area contributed by atoms with Crippen molar-refractivity contribution in [1.82, 2.24) is 20.2 Å². The molecule has 0 aromatic carbocycles. The number of aliphatic hydroxyl groups excluding tert-OH is 1. The van der Waals surface area contributed by atoms with Gasteiger partial charge in [0.15, 0.2) is 0 Å². The van der Waals surface area contributed by atoms with Crippen molar-refractivity contribution in [2.24, 2.45) is 0 Å². The third-order valence-corrected chi connectivity index (χ3v) is 5.77. The van der Waals surface area contributed by atoms with Crippen LogP contribution in [0.4, 0.5) is 5.82 Å². The molecule has 27 heavy (non-hydrogen) atoms. The molecule has 0 aliphatic carbocycles. The van der Waals surface area contributed by atoms with Gasteiger partial charge in [0.2, 0.25) is 0 Å². The van der Waals surface area contributed by atoms with Crippen LogP contribution in [0.25, 0.3) is 0 Å². The Kier molecular flexibility index (Phi) is 5.63. The summed E-state index contributed by atoms with van der Waals surface area (Å²) in [7, 11) is 0. The molecule has 2 aromatic rings. The highest BCUT2D eigenvalue weighted by molar-refractivity contribution is 7.10. The summed E-state index contributed by atoms with van der Waals surface area (Å²) in [5.74, 6) is 0.284. The van der Waals surface area contributed by atoms with Gasteiger partial charge in [-0.1, -0.05) is 0 Å². The fourth-order valence-corrected chi connectivity index (χ4v) is 4.10. The van der Waals surface area contributed by atoms with Crippen LogP contribution in [0.3, 0.4) is 0 Å². The molecule has 0 unspecified atom stereocenters. The van der Waals surface area contributed by atoms with Crippen LogP contribution in [0.5, 0.6) is 0 Å². The Labute approximate surface area is 161 Å². The second kappa shape index (κ2) is 8.30. The van der Waals surface area contributed by atoms with E-state index in [1.54, 1.807) is 17.4 Å². The summed E-state index contributed by atoms with van der Waals surface area (Å²) in [6, 6.07) is 3.99. The van der Waals surface area contributed by atoms with E-state index in [2.05, 4.69) is 36.9 Å². The fourth-order valence-electron chi connectivity index (χ4n) is 3.21. The molecule has 2 aliphatic rings. The third-order valence-electron chi connectivity index (χ3n) is 4.74. The second-order valence-electron chi connectivity index (χ2n) is 6.89. The molecule has 2 aliphatic heterocycles. The maximum atomic E-state index is 12.3. The van der Waals surface area contributed by atoms with Crippen LogP contribution in [-0.2, 0) is 17.7 Å². The number of thiophene rings is 1. The van der Waals surface area contributed by atoms with E-state index in [1.165, 1.54) is 16.8 Å². The van der Waals surface area contributed by atoms with Gasteiger partial charge in [-0.15, -0.1) is 11.3 Å². The highest BCUT2D eigenvalue weighted by Gasteiger charge is 2.21. The average molecular weight is 389 g/mol. The minimum Gasteiger partial charge on any atom is -0.390 e. The SMILES string of the molecule is O=C(NC[C@H](O)CN1CCc2sccc2C1)c1cc(NC2COC2)ncn1. The summed E-state index contributed by atoms with van der Waals surface area (Å²) >= 11 is 1.80. The van der Waals surface area contributed by atoms with Crippen LogP contribution in [0.1, 0.15) is 20.9 Å². The number of nitrogens with one attached hydrogen (secondary N) is 2. The number of carbonyl (C=O) groups is 1. The number of carbonyl (C=O) groups excluding carboxylic acids is 1. The molecule has 8 nitrogen and oxygen atoms in total. The van der Waals surface area contributed by atoms with Crippen LogP contribution >= 0.6 is 11.3 Å². The minimum absolute atomic E-state index is 0.190. The van der Waals surface area contributed by atoms with Gasteiger partial charge in [-0.3, -0.25) is 9.69 Å². The molecular formula is C18H23N5O3S. The molecule has 0 saturated carbocycles. The number of anilines is 1. The van der Waals surface area contributed by atoms with E-state index >= 15 is 0 Å². The molecule has 1 amide bonds. The van der Waals surface area contributed by atoms with E-state index < -0.39 is 6.10 Å². The first-order valence-electron chi connectivity index (χ1n) is 9.07. The van der Waals surface area contributed by atoms with E-state index in [4.69, 9.17) is 4.74 Å². The van der Waals surface area contributed by atoms with Crippen molar-refractivity contribution in [2.75, 3.05) is 38.2 Å². The summed E-state index contributed by atoms with van der Waals surface area (Å²) in [6.45, 7) is 3.80. The van der Waals surface area contributed by atoms with Gasteiger partial charge in [0, 0.05) is 37.1 Å². The largest absolute Gasteiger partial charge is 0.390 e. The summed E-state index contributed by atoms with van der Waals surface area (Å²) in [5, 5.41) is 18.4. The average Bonchev–Trinajstić information content (AvgIpc) is 3.11. The van der Waals surface area contributed by atoms with Crippen molar-refractivity contribution >= 4 is 23.1 Å². The smallest absolute Gasteiger partial charge is 0.270 e. The molecule has 3 N–H and O–H groups in total. The van der Waals surface area contributed by atoms with E-state index in [9.17, 15) is 9.90 Å². The number of hydrogen-bond acceptors (Lipinski definition) is 8. The van der Waals surface area contributed by atoms with E-state index in [-0.39, 0.29) is 24.2 Å². The summed E-state index contributed by atoms with van der Waals surface area (Å²) in [6.07, 6.45) is 1.76. The molecule has 1 atom stereocenters. The minimum atomic E-state index is -0.624. The van der Waals surface area contributed by atoms with Crippen LogP contribution in [0, 0.1) is 0 Å². The monoisotopic (exact) mass is 389 g/mol. The zero-order valence-electron chi connectivity index (χ0n) is 14.9. The van der Waals surface area contributed by atoms with Crippen molar-refractivity contribution in [3.63, 3.8) is 0 Å². The zero-order chi connectivity index (χ0) is 18.6. The molecule has 2 aromatic heterocycles. The topological polar surface area (TPSA) is 99.6 Å². The molecule has 1 fully saturated rings. The van der Waals surface area contributed by atoms with Gasteiger partial charge < -0.3 is 20.5 Å². The molecule has 144 valence electrons. The molecule has 0 radical (unpaired) electrons. The molecule has 1 saturated heterocycles. The molecular weight excluding hydrogens is 366 g/mol. The maximum absolute atomic E-state index is 12.3. The molecule has 9 heteroatoms. The highest BCUT2D eigenvalue weighted by atomic mass is 32.1. The Morgan fingerprint density at radius 3 is 3.15 bits per heavy atom. The number of fused-ring (bicyclic) bond motifs is 1. The Balaban J connectivity index is 1.24. The standard InChI is InChI=1S/C18H23N5O3S/c24-14(8-23-3-1-16-12(7-23)2-4-27-16)6-19-18(25)15-5-17(21-11-20-15)22-13-9-26-10-13/h2,4-5,11,13-14,24H,1,3,6-10H2,(H,19,25)(H,20,21,22)/t14-/m0/s1. The van der Waals surface area contributed by atoms with Crippen LogP contribution in [0.15, 0.2) is 23.8 Å². The zero-order valence-corrected chi connectivity index (χ0v) is 15.7. The van der Waals surface area contributed by atoms with Gasteiger partial charge >= 0.3 is 0 Å². The Morgan fingerprint density at radius 2 is 2.33 bits per heavy atom. The van der Waals surface area contributed by atoms with Gasteiger partial charge in [0.25, 0.3) is 5.91 Å².